The first-order chi connectivity index (χ1) is 9.56. The van der Waals surface area contributed by atoms with E-state index in [2.05, 4.69) is 10.6 Å². The Hall–Kier alpha value is -1.82. The van der Waals surface area contributed by atoms with E-state index in [0.717, 1.165) is 12.8 Å². The van der Waals surface area contributed by atoms with Crippen LogP contribution in [-0.4, -0.2) is 23.4 Å². The van der Waals surface area contributed by atoms with Gasteiger partial charge in [-0.25, -0.2) is 0 Å². The van der Waals surface area contributed by atoms with E-state index in [1.54, 1.807) is 0 Å². The van der Waals surface area contributed by atoms with Crippen molar-refractivity contribution < 1.29 is 9.72 Å². The van der Waals surface area contributed by atoms with Gasteiger partial charge in [-0.3, -0.25) is 14.9 Å². The Kier molecular flexibility index (Phi) is 4.79. The number of nitro benzene ring substituents is 1. The monoisotopic (exact) mass is 297 g/mol. The molecule has 1 aliphatic carbocycles. The minimum absolute atomic E-state index is 0.0168. The van der Waals surface area contributed by atoms with E-state index in [0.29, 0.717) is 36.1 Å². The third kappa shape index (κ3) is 4.38. The number of nitro groups is 1. The van der Waals surface area contributed by atoms with Gasteiger partial charge in [-0.15, -0.1) is 0 Å². The highest BCUT2D eigenvalue weighted by atomic mass is 35.5. The third-order valence-corrected chi connectivity index (χ3v) is 3.23. The molecular formula is C13H16ClN3O3. The van der Waals surface area contributed by atoms with Crippen molar-refractivity contribution in [1.82, 2.24) is 5.32 Å². The predicted molar refractivity (Wildman–Crippen MR) is 77.0 cm³/mol. The molecule has 0 radical (unpaired) electrons. The number of carbonyl (C=O) groups excluding carboxylic acids is 1. The van der Waals surface area contributed by atoms with Crippen molar-refractivity contribution >= 4 is 28.9 Å². The molecule has 0 aromatic heterocycles. The SMILES string of the molecule is O=C(CCCNc1cc(Cl)ccc1[N+](=O)[O-])NC1CC1. The first-order valence-corrected chi connectivity index (χ1v) is 6.91. The minimum Gasteiger partial charge on any atom is -0.379 e. The zero-order chi connectivity index (χ0) is 14.5. The second-order valence-corrected chi connectivity index (χ2v) is 5.23. The van der Waals surface area contributed by atoms with Crippen LogP contribution in [0.15, 0.2) is 18.2 Å². The van der Waals surface area contributed by atoms with E-state index in [1.165, 1.54) is 18.2 Å². The lowest BCUT2D eigenvalue weighted by Crippen LogP contribution is -2.25. The molecule has 1 aromatic carbocycles. The van der Waals surface area contributed by atoms with Crippen LogP contribution in [0.5, 0.6) is 0 Å². The minimum atomic E-state index is -0.460. The van der Waals surface area contributed by atoms with E-state index in [1.807, 2.05) is 0 Å². The molecule has 0 unspecified atom stereocenters. The summed E-state index contributed by atoms with van der Waals surface area (Å²) in [6.45, 7) is 0.485. The van der Waals surface area contributed by atoms with Crippen LogP contribution in [0.3, 0.4) is 0 Å². The normalized spacial score (nSPS) is 13.8. The van der Waals surface area contributed by atoms with E-state index in [-0.39, 0.29) is 11.6 Å². The molecule has 7 heteroatoms. The molecule has 0 saturated heterocycles. The van der Waals surface area contributed by atoms with Crippen LogP contribution in [0.1, 0.15) is 25.7 Å². The quantitative estimate of drug-likeness (QED) is 0.460. The first-order valence-electron chi connectivity index (χ1n) is 6.53. The van der Waals surface area contributed by atoms with Gasteiger partial charge < -0.3 is 10.6 Å². The predicted octanol–water partition coefficient (Wildman–Crippen LogP) is 2.72. The highest BCUT2D eigenvalue weighted by Gasteiger charge is 2.22. The number of hydrogen-bond acceptors (Lipinski definition) is 4. The van der Waals surface area contributed by atoms with E-state index in [9.17, 15) is 14.9 Å². The van der Waals surface area contributed by atoms with Crippen LogP contribution < -0.4 is 10.6 Å². The van der Waals surface area contributed by atoms with Crippen LogP contribution in [0.25, 0.3) is 0 Å². The number of carbonyl (C=O) groups is 1. The number of rotatable bonds is 7. The number of hydrogen-bond donors (Lipinski definition) is 2. The Morgan fingerprint density at radius 2 is 2.20 bits per heavy atom. The molecule has 2 N–H and O–H groups in total. The fourth-order valence-electron chi connectivity index (χ4n) is 1.81. The van der Waals surface area contributed by atoms with Gasteiger partial charge in [0.2, 0.25) is 5.91 Å². The van der Waals surface area contributed by atoms with Crippen molar-refractivity contribution in [3.8, 4) is 0 Å². The zero-order valence-corrected chi connectivity index (χ0v) is 11.7. The van der Waals surface area contributed by atoms with Crippen LogP contribution in [0, 0.1) is 10.1 Å². The Morgan fingerprint density at radius 3 is 2.85 bits per heavy atom. The van der Waals surface area contributed by atoms with Gasteiger partial charge >= 0.3 is 0 Å². The van der Waals surface area contributed by atoms with Gasteiger partial charge in [0.1, 0.15) is 5.69 Å². The third-order valence-electron chi connectivity index (χ3n) is 2.99. The topological polar surface area (TPSA) is 84.3 Å². The number of amides is 1. The lowest BCUT2D eigenvalue weighted by molar-refractivity contribution is -0.384. The molecular weight excluding hydrogens is 282 g/mol. The Balaban J connectivity index is 1.79. The number of nitrogens with one attached hydrogen (secondary N) is 2. The second-order valence-electron chi connectivity index (χ2n) is 4.79. The Labute approximate surface area is 121 Å². The number of halogens is 1. The summed E-state index contributed by atoms with van der Waals surface area (Å²) in [5.41, 5.74) is 0.363. The first kappa shape index (κ1) is 14.6. The average Bonchev–Trinajstić information content (AvgIpc) is 3.18. The zero-order valence-electron chi connectivity index (χ0n) is 10.9. The van der Waals surface area contributed by atoms with Crippen LogP contribution in [0.4, 0.5) is 11.4 Å². The van der Waals surface area contributed by atoms with Crippen LogP contribution >= 0.6 is 11.6 Å². The molecule has 1 saturated carbocycles. The van der Waals surface area contributed by atoms with Crippen molar-refractivity contribution in [3.63, 3.8) is 0 Å². The fourth-order valence-corrected chi connectivity index (χ4v) is 1.98. The van der Waals surface area contributed by atoms with Gasteiger partial charge in [0.05, 0.1) is 4.92 Å². The molecule has 2 rings (SSSR count). The van der Waals surface area contributed by atoms with Gasteiger partial charge in [0.25, 0.3) is 5.69 Å². The summed E-state index contributed by atoms with van der Waals surface area (Å²) in [5.74, 6) is 0.0369. The van der Waals surface area contributed by atoms with Crippen molar-refractivity contribution in [2.24, 2.45) is 0 Å². The number of benzene rings is 1. The molecule has 6 nitrogen and oxygen atoms in total. The summed E-state index contributed by atoms with van der Waals surface area (Å²) >= 11 is 5.82. The van der Waals surface area contributed by atoms with Crippen molar-refractivity contribution in [2.45, 2.75) is 31.7 Å². The van der Waals surface area contributed by atoms with Crippen molar-refractivity contribution in [2.75, 3.05) is 11.9 Å². The largest absolute Gasteiger partial charge is 0.379 e. The lowest BCUT2D eigenvalue weighted by Gasteiger charge is -2.07. The Morgan fingerprint density at radius 1 is 1.45 bits per heavy atom. The van der Waals surface area contributed by atoms with Crippen LogP contribution in [0.2, 0.25) is 5.02 Å². The molecule has 1 amide bonds. The summed E-state index contributed by atoms with van der Waals surface area (Å²) in [5, 5.41) is 17.1. The standard InChI is InChI=1S/C13H16ClN3O3/c14-9-3-6-12(17(19)20)11(8-9)15-7-1-2-13(18)16-10-4-5-10/h3,6,8,10,15H,1-2,4-5,7H2,(H,16,18). The maximum atomic E-state index is 11.5. The fraction of sp³-hybridized carbons (Fsp3) is 0.462. The van der Waals surface area contributed by atoms with Gasteiger partial charge in [-0.05, 0) is 31.4 Å². The molecule has 20 heavy (non-hydrogen) atoms. The van der Waals surface area contributed by atoms with Gasteiger partial charge in [0, 0.05) is 30.1 Å². The maximum Gasteiger partial charge on any atom is 0.292 e. The molecule has 0 bridgehead atoms. The van der Waals surface area contributed by atoms with Crippen molar-refractivity contribution in [1.29, 1.82) is 0 Å². The summed E-state index contributed by atoms with van der Waals surface area (Å²) in [7, 11) is 0. The molecule has 0 heterocycles. The molecule has 108 valence electrons. The highest BCUT2D eigenvalue weighted by molar-refractivity contribution is 6.31. The van der Waals surface area contributed by atoms with Gasteiger partial charge in [-0.1, -0.05) is 11.6 Å². The van der Waals surface area contributed by atoms with Gasteiger partial charge in [0.15, 0.2) is 0 Å². The molecule has 1 aromatic rings. The van der Waals surface area contributed by atoms with Crippen molar-refractivity contribution in [3.05, 3.63) is 33.3 Å². The lowest BCUT2D eigenvalue weighted by atomic mass is 10.2. The Bertz CT molecular complexity index is 518. The van der Waals surface area contributed by atoms with E-state index < -0.39 is 4.92 Å². The smallest absolute Gasteiger partial charge is 0.292 e. The second kappa shape index (κ2) is 6.56. The highest BCUT2D eigenvalue weighted by Crippen LogP contribution is 2.27. The number of nitrogens with zero attached hydrogens (tertiary/aromatic N) is 1. The molecule has 0 atom stereocenters. The molecule has 0 aliphatic heterocycles. The number of anilines is 1. The molecule has 1 aliphatic rings. The molecule has 0 spiro atoms. The summed E-state index contributed by atoms with van der Waals surface area (Å²) in [4.78, 5) is 21.9. The molecule has 1 fully saturated rings. The summed E-state index contributed by atoms with van der Waals surface area (Å²) < 4.78 is 0. The maximum absolute atomic E-state index is 11.5. The van der Waals surface area contributed by atoms with Crippen LogP contribution in [-0.2, 0) is 4.79 Å². The average molecular weight is 298 g/mol. The van der Waals surface area contributed by atoms with Gasteiger partial charge in [-0.2, -0.15) is 0 Å². The van der Waals surface area contributed by atoms with E-state index >= 15 is 0 Å². The summed E-state index contributed by atoms with van der Waals surface area (Å²) in [6.07, 6.45) is 3.16. The summed E-state index contributed by atoms with van der Waals surface area (Å²) in [6, 6.07) is 4.73. The van der Waals surface area contributed by atoms with E-state index in [4.69, 9.17) is 11.6 Å².